The number of methoxy groups -OCH3 is 1. The fourth-order valence-corrected chi connectivity index (χ4v) is 2.81. The van der Waals surface area contributed by atoms with E-state index in [-0.39, 0.29) is 32.3 Å². The van der Waals surface area contributed by atoms with Crippen molar-refractivity contribution in [2.45, 2.75) is 134 Å². The highest BCUT2D eigenvalue weighted by molar-refractivity contribution is 5.78. The zero-order valence-electron chi connectivity index (χ0n) is 24.1. The molecule has 0 saturated carbocycles. The highest BCUT2D eigenvalue weighted by Crippen LogP contribution is 2.21. The molecule has 6 heteroatoms. The Balaban J connectivity index is -0.000000199. The molecule has 0 spiro atoms. The van der Waals surface area contributed by atoms with Crippen molar-refractivity contribution in [1.82, 2.24) is 4.90 Å². The number of phenols is 1. The minimum Gasteiger partial charge on any atom is -0.508 e. The minimum atomic E-state index is -0.311. The summed E-state index contributed by atoms with van der Waals surface area (Å²) in [6.07, 6.45) is 5.61. The van der Waals surface area contributed by atoms with Gasteiger partial charge >= 0.3 is 5.97 Å². The molecule has 1 saturated heterocycles. The maximum atomic E-state index is 11.1. The number of nitrogens with zero attached hydrogens (tertiary/aromatic N) is 1. The van der Waals surface area contributed by atoms with Crippen molar-refractivity contribution in [2.75, 3.05) is 13.7 Å². The van der Waals surface area contributed by atoms with Gasteiger partial charge in [0.2, 0.25) is 5.91 Å². The molecule has 1 amide bonds. The maximum absolute atomic E-state index is 11.1. The summed E-state index contributed by atoms with van der Waals surface area (Å²) < 4.78 is 4.57. The number of aliphatic hydroxyl groups excluding tert-OH is 1. The predicted molar refractivity (Wildman–Crippen MR) is 159 cm³/mol. The summed E-state index contributed by atoms with van der Waals surface area (Å²) in [6, 6.07) is 7.88. The van der Waals surface area contributed by atoms with Crippen molar-refractivity contribution in [3.63, 3.8) is 0 Å². The molecule has 1 aromatic carbocycles. The Morgan fingerprint density at radius 2 is 1.49 bits per heavy atom. The van der Waals surface area contributed by atoms with Gasteiger partial charge in [-0.25, -0.2) is 0 Å². The van der Waals surface area contributed by atoms with Crippen LogP contribution in [0.25, 0.3) is 0 Å². The number of carbonyl (C=O) groups excluding carboxylic acids is 2. The summed E-state index contributed by atoms with van der Waals surface area (Å²) in [7, 11) is 1.42. The number of hydrogen-bond donors (Lipinski definition) is 2. The van der Waals surface area contributed by atoms with E-state index in [0.717, 1.165) is 45.1 Å². The number of hydrogen-bond acceptors (Lipinski definition) is 5. The topological polar surface area (TPSA) is 87.1 Å². The van der Waals surface area contributed by atoms with Crippen molar-refractivity contribution in [2.24, 2.45) is 5.41 Å². The van der Waals surface area contributed by atoms with Gasteiger partial charge in [-0.1, -0.05) is 61.6 Å². The normalized spacial score (nSPS) is 14.5. The van der Waals surface area contributed by atoms with Crippen LogP contribution in [0.15, 0.2) is 24.3 Å². The van der Waals surface area contributed by atoms with E-state index in [1.54, 1.807) is 19.1 Å². The van der Waals surface area contributed by atoms with Gasteiger partial charge in [-0.2, -0.15) is 0 Å². The summed E-state index contributed by atoms with van der Waals surface area (Å²) >= 11 is 0. The number of aliphatic hydroxyl groups is 1. The number of phenolic OH excluding ortho intramolecular Hbond substituents is 1. The van der Waals surface area contributed by atoms with Gasteiger partial charge in [-0.05, 0) is 83.4 Å². The van der Waals surface area contributed by atoms with Crippen molar-refractivity contribution >= 4 is 11.9 Å². The van der Waals surface area contributed by atoms with Gasteiger partial charge in [0.25, 0.3) is 0 Å². The monoisotopic (exact) mass is 527 g/mol. The molecule has 3 atom stereocenters. The Hall–Kier alpha value is -2.08. The quantitative estimate of drug-likeness (QED) is 0.351. The van der Waals surface area contributed by atoms with E-state index in [0.29, 0.717) is 23.6 Å². The largest absolute Gasteiger partial charge is 0.508 e. The molecule has 0 bridgehead atoms. The van der Waals surface area contributed by atoms with E-state index in [1.165, 1.54) is 12.7 Å². The molecule has 1 heterocycles. The summed E-state index contributed by atoms with van der Waals surface area (Å²) in [4.78, 5) is 23.9. The molecule has 0 aliphatic carbocycles. The van der Waals surface area contributed by atoms with E-state index in [9.17, 15) is 9.59 Å². The van der Waals surface area contributed by atoms with Gasteiger partial charge in [-0.15, -0.1) is 0 Å². The maximum Gasteiger partial charge on any atom is 0.311 e. The number of esters is 1. The lowest BCUT2D eigenvalue weighted by molar-refractivity contribution is -0.150. The number of amides is 1. The van der Waals surface area contributed by atoms with Crippen LogP contribution in [0, 0.1) is 5.41 Å². The van der Waals surface area contributed by atoms with Crippen molar-refractivity contribution in [3.05, 3.63) is 29.8 Å². The van der Waals surface area contributed by atoms with Crippen LogP contribution in [0.1, 0.15) is 127 Å². The zero-order valence-corrected chi connectivity index (χ0v) is 24.1. The van der Waals surface area contributed by atoms with Gasteiger partial charge < -0.3 is 19.8 Å². The lowest BCUT2D eigenvalue weighted by Gasteiger charge is -2.22. The molecular formula is C31H61NO5. The van der Waals surface area contributed by atoms with Crippen LogP contribution < -0.4 is 0 Å². The zero-order chi connectivity index (χ0) is 27.6. The third-order valence-corrected chi connectivity index (χ3v) is 6.52. The average molecular weight is 528 g/mol. The Bertz CT molecular complexity index is 685. The average Bonchev–Trinajstić information content (AvgIpc) is 3.29. The van der Waals surface area contributed by atoms with E-state index in [4.69, 9.17) is 10.2 Å². The number of rotatable bonds is 7. The third-order valence-electron chi connectivity index (χ3n) is 6.52. The van der Waals surface area contributed by atoms with E-state index >= 15 is 0 Å². The molecular weight excluding hydrogens is 466 g/mol. The molecule has 1 fully saturated rings. The van der Waals surface area contributed by atoms with Gasteiger partial charge in [0, 0.05) is 19.0 Å². The predicted octanol–water partition coefficient (Wildman–Crippen LogP) is 7.96. The van der Waals surface area contributed by atoms with Crippen LogP contribution in [0.4, 0.5) is 0 Å². The summed E-state index contributed by atoms with van der Waals surface area (Å²) in [5.74, 6) is 1.15. The van der Waals surface area contributed by atoms with Crippen LogP contribution in [0.2, 0.25) is 0 Å². The fraction of sp³-hybridized carbons (Fsp3) is 0.742. The van der Waals surface area contributed by atoms with Crippen LogP contribution in [-0.4, -0.2) is 52.8 Å². The van der Waals surface area contributed by atoms with E-state index in [1.807, 2.05) is 44.7 Å². The van der Waals surface area contributed by atoms with E-state index in [2.05, 4.69) is 32.4 Å². The summed E-state index contributed by atoms with van der Waals surface area (Å²) in [5, 5.41) is 17.4. The molecule has 1 aromatic rings. The molecule has 0 aromatic heterocycles. The Kier molecular flexibility index (Phi) is 26.2. The second-order valence-electron chi connectivity index (χ2n) is 9.84. The molecule has 3 unspecified atom stereocenters. The molecule has 0 radical (unpaired) electrons. The molecule has 220 valence electrons. The lowest BCUT2D eigenvalue weighted by atomic mass is 9.91. The third kappa shape index (κ3) is 18.8. The first kappa shape index (κ1) is 42.0. The molecule has 6 nitrogen and oxygen atoms in total. The minimum absolute atomic E-state index is 0. The van der Waals surface area contributed by atoms with Crippen LogP contribution >= 0.6 is 0 Å². The molecule has 37 heavy (non-hydrogen) atoms. The SMILES string of the molecule is C.C.CCC(C)(C)C(=O)OC.CCC(C)N1CCCC1=O.CCC(C)O.CCC(C)c1ccc(O)cc1. The number of benzene rings is 1. The first-order valence-electron chi connectivity index (χ1n) is 13.2. The van der Waals surface area contributed by atoms with Crippen LogP contribution in [0.3, 0.4) is 0 Å². The highest BCUT2D eigenvalue weighted by atomic mass is 16.5. The molecule has 1 aliphatic heterocycles. The molecule has 2 N–H and O–H groups in total. The number of likely N-dealkylation sites (tertiary alicyclic amines) is 1. The highest BCUT2D eigenvalue weighted by Gasteiger charge is 2.25. The van der Waals surface area contributed by atoms with Gasteiger partial charge in [0.15, 0.2) is 0 Å². The number of aromatic hydroxyl groups is 1. The number of carbonyl (C=O) groups is 2. The second kappa shape index (κ2) is 23.1. The first-order chi connectivity index (χ1) is 16.3. The van der Waals surface area contributed by atoms with Crippen molar-refractivity contribution in [1.29, 1.82) is 0 Å². The van der Waals surface area contributed by atoms with Gasteiger partial charge in [0.1, 0.15) is 5.75 Å². The smallest absolute Gasteiger partial charge is 0.311 e. The van der Waals surface area contributed by atoms with Crippen LogP contribution in [0.5, 0.6) is 5.75 Å². The van der Waals surface area contributed by atoms with Gasteiger partial charge in [0.05, 0.1) is 18.6 Å². The Morgan fingerprint density at radius 3 is 1.76 bits per heavy atom. The molecule has 1 aliphatic rings. The Labute approximate surface area is 229 Å². The second-order valence-corrected chi connectivity index (χ2v) is 9.84. The lowest BCUT2D eigenvalue weighted by Crippen LogP contribution is -2.33. The van der Waals surface area contributed by atoms with Crippen molar-refractivity contribution in [3.8, 4) is 5.75 Å². The van der Waals surface area contributed by atoms with Crippen LogP contribution in [-0.2, 0) is 14.3 Å². The van der Waals surface area contributed by atoms with Gasteiger partial charge in [-0.3, -0.25) is 9.59 Å². The summed E-state index contributed by atoms with van der Waals surface area (Å²) in [5.41, 5.74) is 0.986. The summed E-state index contributed by atoms with van der Waals surface area (Å²) in [6.45, 7) is 19.0. The standard InChI is InChI=1S/C10H14O.C8H15NO.C7H14O2.C4H10O.2CH4/c1-3-8(2)9-4-6-10(11)7-5-9;1-3-7(2)9-6-4-5-8(9)10;1-5-7(2,3)6(8)9-4;1-3-4(2)5;;/h4-8,11H,3H2,1-2H3;7H,3-6H2,1-2H3;5H2,1-4H3;4-5H,3H2,1-2H3;2*1H4. The number of ether oxygens (including phenoxy) is 1. The van der Waals surface area contributed by atoms with Crippen molar-refractivity contribution < 1.29 is 24.5 Å². The molecule has 2 rings (SSSR count). The first-order valence-corrected chi connectivity index (χ1v) is 13.2. The Morgan fingerprint density at radius 1 is 1.00 bits per heavy atom. The van der Waals surface area contributed by atoms with E-state index < -0.39 is 0 Å². The fourth-order valence-electron chi connectivity index (χ4n) is 2.81.